The summed E-state index contributed by atoms with van der Waals surface area (Å²) < 4.78 is 0. The molecule has 1 aliphatic heterocycles. The number of amides is 1. The minimum atomic E-state index is 0. The van der Waals surface area contributed by atoms with Crippen molar-refractivity contribution in [1.82, 2.24) is 15.3 Å². The highest BCUT2D eigenvalue weighted by molar-refractivity contribution is 5.85. The van der Waals surface area contributed by atoms with Crippen molar-refractivity contribution in [3.63, 3.8) is 0 Å². The first kappa shape index (κ1) is 18.0. The first-order valence-electron chi connectivity index (χ1n) is 8.52. The zero-order chi connectivity index (χ0) is 15.5. The number of nitrogens with one attached hydrogen (secondary N) is 1. The van der Waals surface area contributed by atoms with Crippen LogP contribution in [0.2, 0.25) is 0 Å². The fourth-order valence-corrected chi connectivity index (χ4v) is 3.48. The molecule has 2 fully saturated rings. The minimum absolute atomic E-state index is 0. The van der Waals surface area contributed by atoms with Crippen LogP contribution in [0, 0.1) is 18.8 Å². The highest BCUT2D eigenvalue weighted by Gasteiger charge is 2.36. The van der Waals surface area contributed by atoms with Crippen LogP contribution in [0.25, 0.3) is 0 Å². The van der Waals surface area contributed by atoms with E-state index >= 15 is 0 Å². The molecule has 2 heterocycles. The Morgan fingerprint density at radius 1 is 1.39 bits per heavy atom. The van der Waals surface area contributed by atoms with Gasteiger partial charge in [-0.1, -0.05) is 19.8 Å². The fourth-order valence-electron chi connectivity index (χ4n) is 3.48. The highest BCUT2D eigenvalue weighted by Crippen LogP contribution is 2.29. The predicted octanol–water partition coefficient (Wildman–Crippen LogP) is 2.73. The van der Waals surface area contributed by atoms with Gasteiger partial charge in [0.1, 0.15) is 11.6 Å². The molecule has 0 unspecified atom stereocenters. The van der Waals surface area contributed by atoms with Crippen molar-refractivity contribution >= 4 is 24.1 Å². The Morgan fingerprint density at radius 2 is 2.17 bits per heavy atom. The third-order valence-corrected chi connectivity index (χ3v) is 4.99. The van der Waals surface area contributed by atoms with Crippen LogP contribution in [0.1, 0.15) is 44.9 Å². The molecule has 6 heteroatoms. The van der Waals surface area contributed by atoms with Gasteiger partial charge in [-0.05, 0) is 38.2 Å². The molecule has 1 aromatic rings. The molecule has 128 valence electrons. The van der Waals surface area contributed by atoms with E-state index in [0.717, 1.165) is 50.4 Å². The van der Waals surface area contributed by atoms with Crippen LogP contribution in [0.3, 0.4) is 0 Å². The number of carbonyl (C=O) groups excluding carboxylic acids is 1. The average Bonchev–Trinajstić information content (AvgIpc) is 2.80. The highest BCUT2D eigenvalue weighted by atomic mass is 35.5. The zero-order valence-electron chi connectivity index (χ0n) is 14.0. The number of aryl methyl sites for hydroxylation is 1. The van der Waals surface area contributed by atoms with Gasteiger partial charge >= 0.3 is 0 Å². The van der Waals surface area contributed by atoms with E-state index in [4.69, 9.17) is 0 Å². The molecule has 1 saturated carbocycles. The smallest absolute Gasteiger partial charge is 0.223 e. The van der Waals surface area contributed by atoms with E-state index in [0.29, 0.717) is 5.92 Å². The summed E-state index contributed by atoms with van der Waals surface area (Å²) in [5, 5.41) is 3.31. The second kappa shape index (κ2) is 7.95. The van der Waals surface area contributed by atoms with Gasteiger partial charge < -0.3 is 10.2 Å². The molecule has 5 nitrogen and oxygen atoms in total. The van der Waals surface area contributed by atoms with E-state index < -0.39 is 0 Å². The topological polar surface area (TPSA) is 58.1 Å². The fraction of sp³-hybridized carbons (Fsp3) is 0.706. The van der Waals surface area contributed by atoms with Crippen molar-refractivity contribution in [2.75, 3.05) is 18.0 Å². The van der Waals surface area contributed by atoms with E-state index in [1.165, 1.54) is 6.42 Å². The van der Waals surface area contributed by atoms with E-state index in [1.807, 2.05) is 19.2 Å². The molecule has 0 aromatic carbocycles. The monoisotopic (exact) mass is 338 g/mol. The van der Waals surface area contributed by atoms with Gasteiger partial charge in [-0.2, -0.15) is 0 Å². The lowest BCUT2D eigenvalue weighted by Gasteiger charge is -2.27. The molecule has 0 radical (unpaired) electrons. The van der Waals surface area contributed by atoms with Crippen molar-refractivity contribution in [1.29, 1.82) is 0 Å². The van der Waals surface area contributed by atoms with Crippen molar-refractivity contribution in [3.05, 3.63) is 18.1 Å². The molecule has 23 heavy (non-hydrogen) atoms. The summed E-state index contributed by atoms with van der Waals surface area (Å²) in [7, 11) is 0. The van der Waals surface area contributed by atoms with Gasteiger partial charge in [0.2, 0.25) is 5.91 Å². The summed E-state index contributed by atoms with van der Waals surface area (Å²) in [6.07, 6.45) is 7.44. The summed E-state index contributed by atoms with van der Waals surface area (Å²) in [4.78, 5) is 23.3. The minimum Gasteiger partial charge on any atom is -0.354 e. The van der Waals surface area contributed by atoms with Gasteiger partial charge in [0.25, 0.3) is 0 Å². The molecule has 3 rings (SSSR count). The van der Waals surface area contributed by atoms with E-state index in [-0.39, 0.29) is 30.3 Å². The maximum atomic E-state index is 12.3. The van der Waals surface area contributed by atoms with Crippen LogP contribution in [0.15, 0.2) is 12.3 Å². The van der Waals surface area contributed by atoms with Crippen LogP contribution in [0.4, 0.5) is 5.82 Å². The quantitative estimate of drug-likeness (QED) is 0.896. The second-order valence-corrected chi connectivity index (χ2v) is 6.66. The Balaban J connectivity index is 0.00000192. The van der Waals surface area contributed by atoms with Gasteiger partial charge in [0.05, 0.1) is 6.04 Å². The zero-order valence-corrected chi connectivity index (χ0v) is 14.8. The summed E-state index contributed by atoms with van der Waals surface area (Å²) in [5.41, 5.74) is 0. The molecular weight excluding hydrogens is 312 g/mol. The first-order chi connectivity index (χ1) is 10.7. The first-order valence-corrected chi connectivity index (χ1v) is 8.52. The van der Waals surface area contributed by atoms with Crippen LogP contribution >= 0.6 is 12.4 Å². The Labute approximate surface area is 144 Å². The molecule has 2 atom stereocenters. The summed E-state index contributed by atoms with van der Waals surface area (Å²) in [5.74, 6) is 2.82. The molecule has 2 aliphatic rings. The number of aromatic nitrogens is 2. The summed E-state index contributed by atoms with van der Waals surface area (Å²) in [6.45, 7) is 5.96. The third kappa shape index (κ3) is 4.14. The number of halogens is 1. The largest absolute Gasteiger partial charge is 0.354 e. The molecule has 1 amide bonds. The molecular formula is C17H27ClN4O. The van der Waals surface area contributed by atoms with Crippen molar-refractivity contribution in [2.45, 2.75) is 52.0 Å². The van der Waals surface area contributed by atoms with E-state index in [1.54, 1.807) is 0 Å². The van der Waals surface area contributed by atoms with Gasteiger partial charge in [0, 0.05) is 25.2 Å². The van der Waals surface area contributed by atoms with Gasteiger partial charge in [-0.15, -0.1) is 12.4 Å². The Morgan fingerprint density at radius 3 is 2.78 bits per heavy atom. The SMILES string of the molecule is CCC[C@H]1CN(c2ccnc(C)n2)C[C@@H]1NC(=O)C1CCC1.Cl. The number of hydrogen-bond donors (Lipinski definition) is 1. The predicted molar refractivity (Wildman–Crippen MR) is 93.9 cm³/mol. The number of anilines is 1. The van der Waals surface area contributed by atoms with Crippen LogP contribution in [-0.2, 0) is 4.79 Å². The number of hydrogen-bond acceptors (Lipinski definition) is 4. The number of rotatable bonds is 5. The van der Waals surface area contributed by atoms with Crippen molar-refractivity contribution in [3.8, 4) is 0 Å². The summed E-state index contributed by atoms with van der Waals surface area (Å²) >= 11 is 0. The van der Waals surface area contributed by atoms with Gasteiger partial charge in [-0.25, -0.2) is 9.97 Å². The van der Waals surface area contributed by atoms with Gasteiger partial charge in [-0.3, -0.25) is 4.79 Å². The molecule has 1 N–H and O–H groups in total. The molecule has 0 spiro atoms. The Kier molecular flexibility index (Phi) is 6.22. The van der Waals surface area contributed by atoms with Crippen LogP contribution in [0.5, 0.6) is 0 Å². The van der Waals surface area contributed by atoms with Crippen LogP contribution < -0.4 is 10.2 Å². The molecule has 1 aliphatic carbocycles. The molecule has 1 aromatic heterocycles. The van der Waals surface area contributed by atoms with Crippen molar-refractivity contribution in [2.24, 2.45) is 11.8 Å². The Hall–Kier alpha value is -1.36. The Bertz CT molecular complexity index is 535. The lowest BCUT2D eigenvalue weighted by Crippen LogP contribution is -2.45. The lowest BCUT2D eigenvalue weighted by atomic mass is 9.84. The van der Waals surface area contributed by atoms with Gasteiger partial charge in [0.15, 0.2) is 0 Å². The second-order valence-electron chi connectivity index (χ2n) is 6.66. The van der Waals surface area contributed by atoms with Crippen LogP contribution in [-0.4, -0.2) is 35.0 Å². The van der Waals surface area contributed by atoms with Crippen molar-refractivity contribution < 1.29 is 4.79 Å². The number of nitrogens with zero attached hydrogens (tertiary/aromatic N) is 3. The molecule has 0 bridgehead atoms. The molecule has 1 saturated heterocycles. The standard InChI is InChI=1S/C17H26N4O.ClH/c1-3-5-14-10-21(16-8-9-18-12(2)19-16)11-15(14)20-17(22)13-6-4-7-13;/h8-9,13-15H,3-7,10-11H2,1-2H3,(H,20,22);1H/t14-,15-;/m0./s1. The third-order valence-electron chi connectivity index (χ3n) is 4.99. The maximum absolute atomic E-state index is 12.3. The lowest BCUT2D eigenvalue weighted by molar-refractivity contribution is -0.128. The maximum Gasteiger partial charge on any atom is 0.223 e. The van der Waals surface area contributed by atoms with E-state index in [2.05, 4.69) is 27.1 Å². The number of carbonyl (C=O) groups is 1. The normalized spacial score (nSPS) is 24.0. The average molecular weight is 339 g/mol. The van der Waals surface area contributed by atoms with E-state index in [9.17, 15) is 4.79 Å². The summed E-state index contributed by atoms with van der Waals surface area (Å²) in [6, 6.07) is 2.22.